The molecule has 6 atom stereocenters. The number of nitrogens with zero attached hydrogens (tertiary/aromatic N) is 1. The Labute approximate surface area is 229 Å². The number of benzene rings is 2. The summed E-state index contributed by atoms with van der Waals surface area (Å²) in [5, 5.41) is 56.6. The maximum Gasteiger partial charge on any atom is 0.255 e. The highest BCUT2D eigenvalue weighted by atomic mass is 16.4. The summed E-state index contributed by atoms with van der Waals surface area (Å²) in [5.41, 5.74) is 2.39. The van der Waals surface area contributed by atoms with Crippen molar-refractivity contribution < 1.29 is 39.9 Å². The smallest absolute Gasteiger partial charge is 0.255 e. The van der Waals surface area contributed by atoms with Gasteiger partial charge in [-0.3, -0.25) is 19.3 Å². The Morgan fingerprint density at radius 1 is 1.02 bits per heavy atom. The van der Waals surface area contributed by atoms with E-state index in [1.807, 2.05) is 30.3 Å². The number of ketones is 2. The van der Waals surface area contributed by atoms with Crippen molar-refractivity contribution in [2.75, 3.05) is 14.1 Å². The van der Waals surface area contributed by atoms with Gasteiger partial charge in [0.05, 0.1) is 23.6 Å². The predicted molar refractivity (Wildman–Crippen MR) is 143 cm³/mol. The van der Waals surface area contributed by atoms with E-state index >= 15 is 0 Å². The molecule has 2 aromatic rings. The lowest BCUT2D eigenvalue weighted by atomic mass is 9.54. The van der Waals surface area contributed by atoms with Crippen LogP contribution in [0.15, 0.2) is 59.4 Å². The van der Waals surface area contributed by atoms with Gasteiger partial charge in [0.25, 0.3) is 5.91 Å². The van der Waals surface area contributed by atoms with Crippen LogP contribution in [0.5, 0.6) is 5.75 Å². The Morgan fingerprint density at radius 2 is 1.68 bits per heavy atom. The number of phenols is 1. The summed E-state index contributed by atoms with van der Waals surface area (Å²) in [5.74, 6) is -3.34. The Bertz CT molecular complexity index is 1600. The molecule has 0 heterocycles. The lowest BCUT2D eigenvalue weighted by Gasteiger charge is -2.53. The first-order valence-corrected chi connectivity index (χ1v) is 12.6. The first kappa shape index (κ1) is 27.1. The van der Waals surface area contributed by atoms with Gasteiger partial charge in [0.1, 0.15) is 22.8 Å². The third-order valence-electron chi connectivity index (χ3n) is 8.22. The lowest BCUT2D eigenvalue weighted by molar-refractivity contribution is -0.169. The topological polar surface area (TPSA) is 182 Å². The van der Waals surface area contributed by atoms with Gasteiger partial charge in [0.2, 0.25) is 5.78 Å². The largest absolute Gasteiger partial charge is 0.508 e. The molecule has 5 rings (SSSR count). The number of carbonyl (C=O) groups excluding carboxylic acids is 3. The second-order valence-corrected chi connectivity index (χ2v) is 10.6. The maximum absolute atomic E-state index is 14.0. The SMILES string of the molecule is CC1c2c(C#Cc3ccccc3)ccc(O)c2C(O)=C2C(=O)C3(O)C(O)=C(C(N)=O)C(=O)C(N(C)C)C3C(O)C21. The normalized spacial score (nSPS) is 29.4. The number of aliphatic hydroxyl groups excluding tert-OH is 3. The number of nitrogens with two attached hydrogens (primary N) is 1. The zero-order valence-corrected chi connectivity index (χ0v) is 21.9. The monoisotopic (exact) mass is 544 g/mol. The summed E-state index contributed by atoms with van der Waals surface area (Å²) >= 11 is 0. The van der Waals surface area contributed by atoms with E-state index in [0.29, 0.717) is 16.7 Å². The zero-order chi connectivity index (χ0) is 29.3. The van der Waals surface area contributed by atoms with Gasteiger partial charge in [0, 0.05) is 22.6 Å². The van der Waals surface area contributed by atoms with Crippen LogP contribution < -0.4 is 5.73 Å². The highest BCUT2D eigenvalue weighted by molar-refractivity contribution is 6.24. The number of hydrogen-bond donors (Lipinski definition) is 6. The van der Waals surface area contributed by atoms with Crippen LogP contribution in [0.3, 0.4) is 0 Å². The minimum atomic E-state index is -2.95. The minimum Gasteiger partial charge on any atom is -0.508 e. The van der Waals surface area contributed by atoms with E-state index in [1.54, 1.807) is 13.0 Å². The number of aliphatic hydroxyl groups is 4. The molecule has 10 nitrogen and oxygen atoms in total. The zero-order valence-electron chi connectivity index (χ0n) is 21.9. The van der Waals surface area contributed by atoms with Crippen molar-refractivity contribution in [2.24, 2.45) is 17.6 Å². The van der Waals surface area contributed by atoms with E-state index < -0.39 is 75.6 Å². The predicted octanol–water partition coefficient (Wildman–Crippen LogP) is 0.896. The Balaban J connectivity index is 1.78. The third kappa shape index (κ3) is 3.59. The van der Waals surface area contributed by atoms with Crippen LogP contribution >= 0.6 is 0 Å². The molecule has 0 aliphatic heterocycles. The van der Waals surface area contributed by atoms with Crippen LogP contribution in [-0.2, 0) is 14.4 Å². The summed E-state index contributed by atoms with van der Waals surface area (Å²) in [6.45, 7) is 1.67. The molecule has 2 aromatic carbocycles. The van der Waals surface area contributed by atoms with Crippen molar-refractivity contribution in [1.29, 1.82) is 0 Å². The minimum absolute atomic E-state index is 0.101. The Morgan fingerprint density at radius 3 is 2.27 bits per heavy atom. The van der Waals surface area contributed by atoms with Crippen LogP contribution in [0.25, 0.3) is 5.76 Å². The van der Waals surface area contributed by atoms with Crippen LogP contribution in [0.1, 0.15) is 35.1 Å². The van der Waals surface area contributed by atoms with Crippen LogP contribution in [-0.4, -0.2) is 79.7 Å². The first-order chi connectivity index (χ1) is 18.8. The molecule has 1 fully saturated rings. The lowest BCUT2D eigenvalue weighted by Crippen LogP contribution is -2.70. The Hall–Kier alpha value is -4.43. The molecule has 0 radical (unpaired) electrons. The third-order valence-corrected chi connectivity index (χ3v) is 8.22. The van der Waals surface area contributed by atoms with Crippen molar-refractivity contribution in [1.82, 2.24) is 4.90 Å². The molecule has 40 heavy (non-hydrogen) atoms. The van der Waals surface area contributed by atoms with Gasteiger partial charge in [0.15, 0.2) is 11.4 Å². The second-order valence-electron chi connectivity index (χ2n) is 10.6. The first-order valence-electron chi connectivity index (χ1n) is 12.6. The number of fused-ring (bicyclic) bond motifs is 3. The fraction of sp³-hybridized carbons (Fsp3) is 0.300. The van der Waals surface area contributed by atoms with Crippen molar-refractivity contribution >= 4 is 23.2 Å². The molecule has 206 valence electrons. The highest BCUT2D eigenvalue weighted by Gasteiger charge is 2.68. The molecule has 3 aliphatic rings. The average molecular weight is 545 g/mol. The fourth-order valence-corrected chi connectivity index (χ4v) is 6.47. The molecule has 3 aliphatic carbocycles. The molecule has 1 saturated carbocycles. The molecule has 0 bridgehead atoms. The van der Waals surface area contributed by atoms with Crippen molar-refractivity contribution in [3.8, 4) is 17.6 Å². The van der Waals surface area contributed by atoms with Gasteiger partial charge >= 0.3 is 0 Å². The summed E-state index contributed by atoms with van der Waals surface area (Å²) in [7, 11) is 2.91. The number of primary amides is 1. The number of carbonyl (C=O) groups is 3. The quantitative estimate of drug-likeness (QED) is 0.236. The Kier molecular flexibility index (Phi) is 6.34. The van der Waals surface area contributed by atoms with Crippen molar-refractivity contribution in [2.45, 2.75) is 30.6 Å². The molecular formula is C30H28N2O8. The number of likely N-dealkylation sites (N-methyl/N-ethyl adjacent to an activating group) is 1. The van der Waals surface area contributed by atoms with Gasteiger partial charge in [-0.15, -0.1) is 0 Å². The summed E-state index contributed by atoms with van der Waals surface area (Å²) in [6, 6.07) is 10.6. The molecular weight excluding hydrogens is 516 g/mol. The second kappa shape index (κ2) is 9.34. The number of aromatic hydroxyl groups is 1. The number of amides is 1. The summed E-state index contributed by atoms with van der Waals surface area (Å²) in [4.78, 5) is 40.8. The molecule has 6 unspecified atom stereocenters. The van der Waals surface area contributed by atoms with E-state index in [-0.39, 0.29) is 11.3 Å². The molecule has 0 aromatic heterocycles. The standard InChI is InChI=1S/C30H28N2O8/c1-13-17-15(10-9-14-7-5-4-6-8-14)11-12-16(33)19(17)24(34)20-18(13)25(35)22-23(32(2)3)26(36)21(29(31)39)28(38)30(22,40)27(20)37/h4-8,11-13,18,22-23,25,33-35,38,40H,1-3H3,(H2,31,39). The van der Waals surface area contributed by atoms with E-state index in [4.69, 9.17) is 5.73 Å². The van der Waals surface area contributed by atoms with Crippen LogP contribution in [0.4, 0.5) is 0 Å². The van der Waals surface area contributed by atoms with Crippen LogP contribution in [0, 0.1) is 23.7 Å². The molecule has 0 spiro atoms. The van der Waals surface area contributed by atoms with E-state index in [1.165, 1.54) is 25.1 Å². The average Bonchev–Trinajstić information content (AvgIpc) is 2.90. The number of hydrogen-bond acceptors (Lipinski definition) is 9. The van der Waals surface area contributed by atoms with Crippen LogP contribution in [0.2, 0.25) is 0 Å². The molecule has 0 saturated heterocycles. The van der Waals surface area contributed by atoms with Crippen molar-refractivity contribution in [3.05, 3.63) is 81.6 Å². The molecule has 1 amide bonds. The summed E-state index contributed by atoms with van der Waals surface area (Å²) < 4.78 is 0. The van der Waals surface area contributed by atoms with Gasteiger partial charge in [-0.1, -0.05) is 37.0 Å². The van der Waals surface area contributed by atoms with Gasteiger partial charge in [-0.2, -0.15) is 0 Å². The fourth-order valence-electron chi connectivity index (χ4n) is 6.47. The maximum atomic E-state index is 14.0. The molecule has 7 N–H and O–H groups in total. The highest BCUT2D eigenvalue weighted by Crippen LogP contribution is 2.56. The van der Waals surface area contributed by atoms with E-state index in [2.05, 4.69) is 11.8 Å². The van der Waals surface area contributed by atoms with Gasteiger partial charge in [-0.25, -0.2) is 0 Å². The van der Waals surface area contributed by atoms with Crippen molar-refractivity contribution in [3.63, 3.8) is 0 Å². The number of rotatable bonds is 2. The van der Waals surface area contributed by atoms with E-state index in [0.717, 1.165) is 0 Å². The number of Topliss-reactive ketones (excluding diaryl/α,β-unsaturated/α-hetero) is 2. The number of phenolic OH excluding ortho intramolecular Hbond substituents is 1. The van der Waals surface area contributed by atoms with E-state index in [9.17, 15) is 39.9 Å². The van der Waals surface area contributed by atoms with Gasteiger partial charge < -0.3 is 31.3 Å². The van der Waals surface area contributed by atoms with Gasteiger partial charge in [-0.05, 0) is 49.8 Å². The molecule has 10 heteroatoms. The summed E-state index contributed by atoms with van der Waals surface area (Å²) in [6.07, 6.45) is -1.67.